The number of carbonyl (C=O) groups is 4. The Balaban J connectivity index is 1.89. The molecule has 55 heavy (non-hydrogen) atoms. The van der Waals surface area contributed by atoms with E-state index >= 15 is 0 Å². The minimum Gasteiger partial charge on any atom is -0.481 e. The first kappa shape index (κ1) is 46.0. The first-order valence-corrected chi connectivity index (χ1v) is 20.5. The van der Waals surface area contributed by atoms with Gasteiger partial charge in [0.05, 0.1) is 18.6 Å². The molecule has 14 heteroatoms. The average molecular weight is 788 g/mol. The number of carboxylic acid groups (broad SMARTS) is 1. The van der Waals surface area contributed by atoms with Gasteiger partial charge in [0.15, 0.2) is 0 Å². The molecule has 1 saturated heterocycles. The summed E-state index contributed by atoms with van der Waals surface area (Å²) in [5.74, 6) is -2.42. The van der Waals surface area contributed by atoms with Crippen LogP contribution in [0.3, 0.4) is 0 Å². The first-order valence-electron chi connectivity index (χ1n) is 19.7. The molecule has 13 nitrogen and oxygen atoms in total. The SMILES string of the molecule is CCC(C)C(NC(=O)C1CCCCN1C)C(=O)N(CCOC)C(CC(OCOC)c1nc(C(=O)NC(Cc2ccc(C)cc2)CC(C)C(=O)O)cs1)C(C)C. The number of likely N-dealkylation sites (N-methyl/N-ethyl adjacent to an activating group) is 1. The molecule has 308 valence electrons. The van der Waals surface area contributed by atoms with Gasteiger partial charge in [0, 0.05) is 44.6 Å². The van der Waals surface area contributed by atoms with Gasteiger partial charge in [-0.25, -0.2) is 4.98 Å². The zero-order chi connectivity index (χ0) is 40.7. The van der Waals surface area contributed by atoms with Crippen LogP contribution in [-0.2, 0) is 35.0 Å². The number of piperidine rings is 1. The van der Waals surface area contributed by atoms with Crippen LogP contribution >= 0.6 is 11.3 Å². The van der Waals surface area contributed by atoms with Gasteiger partial charge in [-0.1, -0.05) is 77.3 Å². The highest BCUT2D eigenvalue weighted by Crippen LogP contribution is 2.31. The standard InChI is InChI=1S/C41H65N5O8S/c1-10-28(5)36(44-38(48)33-13-11-12-18-45(33)7)40(49)46(19-20-52-8)34(26(2)3)23-35(54-25-53-9)39-43-32(24-55-39)37(47)42-31(21-29(6)41(50)51)22-30-16-14-27(4)15-17-30/h14-17,24,26,28-29,31,33-36H,10-13,18-23,25H2,1-9H3,(H,42,47)(H,44,48)(H,50,51). The van der Waals surface area contributed by atoms with Gasteiger partial charge in [-0.2, -0.15) is 0 Å². The van der Waals surface area contributed by atoms with E-state index in [0.717, 1.165) is 36.9 Å². The molecule has 1 aliphatic heterocycles. The van der Waals surface area contributed by atoms with Crippen LogP contribution in [0.25, 0.3) is 0 Å². The zero-order valence-electron chi connectivity index (χ0n) is 34.3. The number of hydrogen-bond donors (Lipinski definition) is 3. The summed E-state index contributed by atoms with van der Waals surface area (Å²) in [5, 5.41) is 18.0. The Morgan fingerprint density at radius 1 is 1.04 bits per heavy atom. The largest absolute Gasteiger partial charge is 0.481 e. The van der Waals surface area contributed by atoms with Crippen molar-refractivity contribution >= 4 is 35.0 Å². The molecule has 7 atom stereocenters. The number of thiazole rings is 1. The van der Waals surface area contributed by atoms with Crippen LogP contribution in [0.1, 0.15) is 106 Å². The summed E-state index contributed by atoms with van der Waals surface area (Å²) in [6.07, 6.45) is 3.93. The summed E-state index contributed by atoms with van der Waals surface area (Å²) in [4.78, 5) is 62.3. The predicted molar refractivity (Wildman–Crippen MR) is 214 cm³/mol. The highest BCUT2D eigenvalue weighted by atomic mass is 32.1. The predicted octanol–water partition coefficient (Wildman–Crippen LogP) is 5.47. The van der Waals surface area contributed by atoms with E-state index < -0.39 is 36.0 Å². The van der Waals surface area contributed by atoms with E-state index in [1.54, 1.807) is 19.4 Å². The van der Waals surface area contributed by atoms with Crippen molar-refractivity contribution in [2.45, 2.75) is 117 Å². The number of ether oxygens (including phenoxy) is 3. The van der Waals surface area contributed by atoms with Crippen LogP contribution in [0, 0.1) is 24.7 Å². The Bertz CT molecular complexity index is 1500. The molecule has 3 rings (SSSR count). The summed E-state index contributed by atoms with van der Waals surface area (Å²) >= 11 is 1.28. The van der Waals surface area contributed by atoms with Crippen molar-refractivity contribution < 1.29 is 38.5 Å². The van der Waals surface area contributed by atoms with Gasteiger partial charge >= 0.3 is 5.97 Å². The monoisotopic (exact) mass is 787 g/mol. The molecule has 7 unspecified atom stereocenters. The van der Waals surface area contributed by atoms with Crippen molar-refractivity contribution in [1.29, 1.82) is 0 Å². The van der Waals surface area contributed by atoms with E-state index in [1.807, 2.05) is 70.8 Å². The Labute approximate surface area is 331 Å². The third-order valence-corrected chi connectivity index (χ3v) is 11.6. The van der Waals surface area contributed by atoms with Crippen molar-refractivity contribution in [3.05, 3.63) is 51.5 Å². The minimum atomic E-state index is -0.926. The fraction of sp³-hybridized carbons (Fsp3) is 0.683. The maximum atomic E-state index is 14.7. The normalized spacial score (nSPS) is 18.2. The Morgan fingerprint density at radius 3 is 2.35 bits per heavy atom. The number of carbonyl (C=O) groups excluding carboxylic acids is 3. The van der Waals surface area contributed by atoms with Gasteiger partial charge < -0.3 is 34.9 Å². The van der Waals surface area contributed by atoms with Crippen molar-refractivity contribution in [3.63, 3.8) is 0 Å². The number of rotatable bonds is 23. The van der Waals surface area contributed by atoms with Crippen LogP contribution < -0.4 is 10.6 Å². The van der Waals surface area contributed by atoms with Gasteiger partial charge in [-0.15, -0.1) is 11.3 Å². The topological polar surface area (TPSA) is 160 Å². The van der Waals surface area contributed by atoms with E-state index in [1.165, 1.54) is 18.4 Å². The molecule has 1 fully saturated rings. The number of nitrogens with one attached hydrogen (secondary N) is 2. The van der Waals surface area contributed by atoms with E-state index in [9.17, 15) is 24.3 Å². The average Bonchev–Trinajstić information content (AvgIpc) is 3.65. The third-order valence-electron chi connectivity index (χ3n) is 10.7. The summed E-state index contributed by atoms with van der Waals surface area (Å²) < 4.78 is 17.0. The molecule has 1 aromatic heterocycles. The third kappa shape index (κ3) is 13.9. The van der Waals surface area contributed by atoms with Crippen LogP contribution in [0.15, 0.2) is 29.6 Å². The summed E-state index contributed by atoms with van der Waals surface area (Å²) in [6, 6.07) is 6.18. The number of aliphatic carboxylic acids is 1. The molecule has 0 bridgehead atoms. The lowest BCUT2D eigenvalue weighted by molar-refractivity contribution is -0.144. The highest BCUT2D eigenvalue weighted by Gasteiger charge is 2.38. The number of aryl methyl sites for hydroxylation is 1. The quantitative estimate of drug-likeness (QED) is 0.123. The van der Waals surface area contributed by atoms with Gasteiger partial charge in [-0.3, -0.25) is 24.1 Å². The zero-order valence-corrected chi connectivity index (χ0v) is 35.2. The van der Waals surface area contributed by atoms with Crippen molar-refractivity contribution in [2.75, 3.05) is 47.8 Å². The van der Waals surface area contributed by atoms with Crippen molar-refractivity contribution in [3.8, 4) is 0 Å². The van der Waals surface area contributed by atoms with Crippen molar-refractivity contribution in [2.24, 2.45) is 17.8 Å². The second-order valence-corrected chi connectivity index (χ2v) is 16.3. The molecule has 0 saturated carbocycles. The molecule has 3 N–H and O–H groups in total. The number of amides is 3. The van der Waals surface area contributed by atoms with Crippen LogP contribution in [0.4, 0.5) is 0 Å². The molecule has 1 aromatic carbocycles. The second kappa shape index (κ2) is 23.0. The molecule has 2 aromatic rings. The summed E-state index contributed by atoms with van der Waals surface area (Å²) in [6.45, 7) is 13.2. The Hall–Kier alpha value is -3.43. The summed E-state index contributed by atoms with van der Waals surface area (Å²) in [5.41, 5.74) is 2.30. The van der Waals surface area contributed by atoms with Crippen LogP contribution in [0.5, 0.6) is 0 Å². The Morgan fingerprint density at radius 2 is 1.75 bits per heavy atom. The van der Waals surface area contributed by atoms with E-state index in [-0.39, 0.29) is 54.6 Å². The lowest BCUT2D eigenvalue weighted by Crippen LogP contribution is -2.59. The fourth-order valence-electron chi connectivity index (χ4n) is 7.04. The van der Waals surface area contributed by atoms with Crippen molar-refractivity contribution in [1.82, 2.24) is 25.4 Å². The van der Waals surface area contributed by atoms with E-state index in [2.05, 4.69) is 15.5 Å². The Kier molecular flexibility index (Phi) is 19.2. The maximum Gasteiger partial charge on any atom is 0.306 e. The lowest BCUT2D eigenvalue weighted by Gasteiger charge is -2.40. The highest BCUT2D eigenvalue weighted by molar-refractivity contribution is 7.09. The van der Waals surface area contributed by atoms with Crippen LogP contribution in [0.2, 0.25) is 0 Å². The number of hydrogen-bond acceptors (Lipinski definition) is 10. The molecular formula is C41H65N5O8S. The van der Waals surface area contributed by atoms with E-state index in [4.69, 9.17) is 19.2 Å². The fourth-order valence-corrected chi connectivity index (χ4v) is 7.90. The minimum absolute atomic E-state index is 0.0197. The van der Waals surface area contributed by atoms with Gasteiger partial charge in [-0.05, 0) is 63.6 Å². The van der Waals surface area contributed by atoms with Gasteiger partial charge in [0.2, 0.25) is 11.8 Å². The maximum absolute atomic E-state index is 14.7. The molecule has 2 heterocycles. The lowest BCUT2D eigenvalue weighted by atomic mass is 9.92. The molecule has 1 aliphatic rings. The first-order chi connectivity index (χ1) is 26.2. The number of benzene rings is 1. The molecule has 0 spiro atoms. The van der Waals surface area contributed by atoms with Gasteiger partial charge in [0.1, 0.15) is 29.6 Å². The molecular weight excluding hydrogens is 723 g/mol. The molecule has 0 aliphatic carbocycles. The smallest absolute Gasteiger partial charge is 0.306 e. The molecule has 0 radical (unpaired) electrons. The van der Waals surface area contributed by atoms with Crippen LogP contribution in [-0.4, -0.2) is 116 Å². The summed E-state index contributed by atoms with van der Waals surface area (Å²) in [7, 11) is 5.09. The number of carboxylic acids is 1. The number of nitrogens with zero attached hydrogens (tertiary/aromatic N) is 3. The number of likely N-dealkylation sites (tertiary alicyclic amines) is 1. The number of methoxy groups -OCH3 is 2. The van der Waals surface area contributed by atoms with E-state index in [0.29, 0.717) is 37.4 Å². The van der Waals surface area contributed by atoms with Gasteiger partial charge in [0.25, 0.3) is 5.91 Å². The molecule has 3 amide bonds. The number of aromatic nitrogens is 1. The second-order valence-electron chi connectivity index (χ2n) is 15.4.